The van der Waals surface area contributed by atoms with Gasteiger partial charge in [0.1, 0.15) is 0 Å². The van der Waals surface area contributed by atoms with Crippen molar-refractivity contribution in [1.29, 1.82) is 0 Å². The minimum atomic E-state index is 0.243. The van der Waals surface area contributed by atoms with E-state index in [0.717, 1.165) is 58.2 Å². The van der Waals surface area contributed by atoms with Crippen LogP contribution >= 0.6 is 11.8 Å². The van der Waals surface area contributed by atoms with Crippen molar-refractivity contribution < 1.29 is 4.74 Å². The molecular formula is C19H40N4OS. The van der Waals surface area contributed by atoms with Gasteiger partial charge in [-0.15, -0.1) is 0 Å². The average molecular weight is 373 g/mol. The number of hydrogen-bond acceptors (Lipinski definition) is 4. The van der Waals surface area contributed by atoms with Gasteiger partial charge in [-0.2, -0.15) is 11.8 Å². The summed E-state index contributed by atoms with van der Waals surface area (Å²) in [5, 5.41) is 6.99. The largest absolute Gasteiger partial charge is 0.381 e. The van der Waals surface area contributed by atoms with Crippen LogP contribution in [0.3, 0.4) is 0 Å². The van der Waals surface area contributed by atoms with Crippen LogP contribution in [0.25, 0.3) is 0 Å². The Balaban J connectivity index is 2.48. The number of thioether (sulfide) groups is 1. The Morgan fingerprint density at radius 2 is 1.92 bits per heavy atom. The summed E-state index contributed by atoms with van der Waals surface area (Å²) < 4.78 is 5.77. The van der Waals surface area contributed by atoms with Crippen LogP contribution in [0.2, 0.25) is 0 Å². The summed E-state index contributed by atoms with van der Waals surface area (Å²) in [6.07, 6.45) is 6.79. The topological polar surface area (TPSA) is 48.9 Å². The van der Waals surface area contributed by atoms with E-state index in [2.05, 4.69) is 49.5 Å². The lowest BCUT2D eigenvalue weighted by Crippen LogP contribution is -2.44. The van der Waals surface area contributed by atoms with Crippen molar-refractivity contribution in [2.75, 3.05) is 52.2 Å². The Morgan fingerprint density at radius 1 is 1.24 bits per heavy atom. The number of rotatable bonds is 11. The summed E-state index contributed by atoms with van der Waals surface area (Å²) >= 11 is 1.95. The highest BCUT2D eigenvalue weighted by Crippen LogP contribution is 2.33. The van der Waals surface area contributed by atoms with Gasteiger partial charge in [0.2, 0.25) is 0 Å². The van der Waals surface area contributed by atoms with E-state index in [0.29, 0.717) is 6.04 Å². The first-order valence-corrected chi connectivity index (χ1v) is 11.2. The summed E-state index contributed by atoms with van der Waals surface area (Å²) in [6, 6.07) is 0.438. The molecule has 2 N–H and O–H groups in total. The number of ether oxygens (including phenoxy) is 1. The minimum absolute atomic E-state index is 0.243. The summed E-state index contributed by atoms with van der Waals surface area (Å²) in [7, 11) is 0. The lowest BCUT2D eigenvalue weighted by Gasteiger charge is -2.34. The van der Waals surface area contributed by atoms with Crippen LogP contribution in [0.15, 0.2) is 4.99 Å². The fourth-order valence-electron chi connectivity index (χ4n) is 3.18. The number of aliphatic imine (C=N–C) groups is 1. The van der Waals surface area contributed by atoms with Gasteiger partial charge >= 0.3 is 0 Å². The van der Waals surface area contributed by atoms with Gasteiger partial charge in [0, 0.05) is 30.5 Å². The highest BCUT2D eigenvalue weighted by atomic mass is 32.2. The van der Waals surface area contributed by atoms with Crippen molar-refractivity contribution in [2.24, 2.45) is 4.99 Å². The van der Waals surface area contributed by atoms with Gasteiger partial charge in [-0.1, -0.05) is 13.8 Å². The lowest BCUT2D eigenvalue weighted by molar-refractivity contribution is 0.0794. The Morgan fingerprint density at radius 3 is 2.48 bits per heavy atom. The highest BCUT2D eigenvalue weighted by molar-refractivity contribution is 8.00. The minimum Gasteiger partial charge on any atom is -0.381 e. The third-order valence-corrected chi connectivity index (χ3v) is 6.50. The Kier molecular flexibility index (Phi) is 11.6. The number of guanidine groups is 1. The maximum absolute atomic E-state index is 5.53. The fourth-order valence-corrected chi connectivity index (χ4v) is 3.95. The monoisotopic (exact) mass is 372 g/mol. The molecule has 1 aliphatic rings. The summed E-state index contributed by atoms with van der Waals surface area (Å²) in [6.45, 7) is 15.8. The summed E-state index contributed by atoms with van der Waals surface area (Å²) in [5.41, 5.74) is 0. The van der Waals surface area contributed by atoms with Gasteiger partial charge in [-0.25, -0.2) is 0 Å². The highest BCUT2D eigenvalue weighted by Gasteiger charge is 2.31. The van der Waals surface area contributed by atoms with Gasteiger partial charge in [-0.3, -0.25) is 4.99 Å². The van der Waals surface area contributed by atoms with Gasteiger partial charge in [0.05, 0.1) is 6.54 Å². The van der Waals surface area contributed by atoms with Gasteiger partial charge in [0.25, 0.3) is 0 Å². The number of nitrogens with zero attached hydrogens (tertiary/aromatic N) is 2. The van der Waals surface area contributed by atoms with E-state index in [1.54, 1.807) is 0 Å². The molecule has 1 fully saturated rings. The quantitative estimate of drug-likeness (QED) is 0.431. The van der Waals surface area contributed by atoms with E-state index < -0.39 is 0 Å². The Bertz CT molecular complexity index is 368. The van der Waals surface area contributed by atoms with Crippen LogP contribution in [0.1, 0.15) is 53.4 Å². The van der Waals surface area contributed by atoms with Crippen LogP contribution in [0.4, 0.5) is 0 Å². The Labute approximate surface area is 159 Å². The molecule has 6 heteroatoms. The zero-order valence-corrected chi connectivity index (χ0v) is 17.9. The Hall–Kier alpha value is -0.460. The maximum Gasteiger partial charge on any atom is 0.191 e. The molecule has 1 unspecified atom stereocenters. The zero-order valence-electron chi connectivity index (χ0n) is 17.1. The third-order valence-electron chi connectivity index (χ3n) is 5.10. The van der Waals surface area contributed by atoms with E-state index in [4.69, 9.17) is 9.73 Å². The third kappa shape index (κ3) is 8.65. The molecule has 0 aromatic carbocycles. The molecule has 0 radical (unpaired) electrons. The lowest BCUT2D eigenvalue weighted by atomic mass is 9.99. The molecule has 0 bridgehead atoms. The van der Waals surface area contributed by atoms with E-state index in [9.17, 15) is 0 Å². The molecule has 0 amide bonds. The van der Waals surface area contributed by atoms with Crippen molar-refractivity contribution in [3.63, 3.8) is 0 Å². The predicted octanol–water partition coefficient (Wildman–Crippen LogP) is 2.96. The summed E-state index contributed by atoms with van der Waals surface area (Å²) in [5.74, 6) is 0.956. The van der Waals surface area contributed by atoms with Gasteiger partial charge < -0.3 is 20.3 Å². The van der Waals surface area contributed by atoms with Crippen LogP contribution in [-0.4, -0.2) is 73.8 Å². The second-order valence-corrected chi connectivity index (χ2v) is 8.18. The molecule has 1 saturated heterocycles. The van der Waals surface area contributed by atoms with Crippen molar-refractivity contribution in [3.05, 3.63) is 0 Å². The van der Waals surface area contributed by atoms with Crippen LogP contribution in [0, 0.1) is 0 Å². The van der Waals surface area contributed by atoms with Crippen LogP contribution in [-0.2, 0) is 4.74 Å². The summed E-state index contributed by atoms with van der Waals surface area (Å²) in [4.78, 5) is 7.39. The standard InChI is InChI=1S/C19H40N4OS/c1-6-20-18(21-16-19(25-5)11-14-24-15-12-19)22-17(4)10-9-13-23(7-2)8-3/h17H,6-16H2,1-5H3,(H2,20,21,22). The molecule has 0 spiro atoms. The predicted molar refractivity (Wildman–Crippen MR) is 112 cm³/mol. The van der Waals surface area contributed by atoms with E-state index in [1.807, 2.05) is 11.8 Å². The van der Waals surface area contributed by atoms with Crippen molar-refractivity contribution in [1.82, 2.24) is 15.5 Å². The molecule has 0 aromatic heterocycles. The smallest absolute Gasteiger partial charge is 0.191 e. The average Bonchev–Trinajstić information content (AvgIpc) is 2.64. The molecular weight excluding hydrogens is 332 g/mol. The molecule has 148 valence electrons. The number of nitrogens with one attached hydrogen (secondary N) is 2. The molecule has 1 rings (SSSR count). The zero-order chi connectivity index (χ0) is 18.5. The van der Waals surface area contributed by atoms with Crippen LogP contribution in [0.5, 0.6) is 0 Å². The second kappa shape index (κ2) is 12.8. The first-order valence-electron chi connectivity index (χ1n) is 9.99. The normalized spacial score (nSPS) is 19.0. The maximum atomic E-state index is 5.53. The first kappa shape index (κ1) is 22.6. The van der Waals surface area contributed by atoms with Crippen LogP contribution < -0.4 is 10.6 Å². The van der Waals surface area contributed by atoms with E-state index in [1.165, 1.54) is 19.4 Å². The number of hydrogen-bond donors (Lipinski definition) is 2. The fraction of sp³-hybridized carbons (Fsp3) is 0.947. The molecule has 1 heterocycles. The van der Waals surface area contributed by atoms with Crippen molar-refractivity contribution in [3.8, 4) is 0 Å². The van der Waals surface area contributed by atoms with E-state index >= 15 is 0 Å². The molecule has 0 aliphatic carbocycles. The molecule has 0 saturated carbocycles. The van der Waals surface area contributed by atoms with Crippen molar-refractivity contribution >= 4 is 17.7 Å². The van der Waals surface area contributed by atoms with Gasteiger partial charge in [0.15, 0.2) is 5.96 Å². The molecule has 25 heavy (non-hydrogen) atoms. The molecule has 5 nitrogen and oxygen atoms in total. The van der Waals surface area contributed by atoms with E-state index in [-0.39, 0.29) is 4.75 Å². The van der Waals surface area contributed by atoms with Crippen molar-refractivity contribution in [2.45, 2.75) is 64.2 Å². The molecule has 1 atom stereocenters. The van der Waals surface area contributed by atoms with Gasteiger partial charge in [-0.05, 0) is 65.4 Å². The molecule has 0 aromatic rings. The first-order chi connectivity index (χ1) is 12.1. The second-order valence-electron chi connectivity index (χ2n) is 6.91. The molecule has 1 aliphatic heterocycles. The SMILES string of the molecule is CCNC(=NCC1(SC)CCOCC1)NC(C)CCCN(CC)CC.